The minimum atomic E-state index is -0.237. The zero-order valence-electron chi connectivity index (χ0n) is 19.1. The second kappa shape index (κ2) is 11.5. The molecule has 0 aliphatic heterocycles. The van der Waals surface area contributed by atoms with Crippen LogP contribution < -0.4 is 10.6 Å². The second-order valence-electron chi connectivity index (χ2n) is 8.05. The highest BCUT2D eigenvalue weighted by atomic mass is 32.1. The lowest BCUT2D eigenvalue weighted by molar-refractivity contribution is 0.0984. The molecule has 0 radical (unpaired) electrons. The molecule has 0 saturated carbocycles. The van der Waals surface area contributed by atoms with Crippen LogP contribution in [0.15, 0.2) is 84.9 Å². The number of rotatable bonds is 10. The van der Waals surface area contributed by atoms with Crippen molar-refractivity contribution < 1.29 is 9.59 Å². The van der Waals surface area contributed by atoms with Crippen molar-refractivity contribution in [2.24, 2.45) is 0 Å². The van der Waals surface area contributed by atoms with E-state index in [0.717, 1.165) is 17.5 Å². The maximum atomic E-state index is 12.9. The minimum absolute atomic E-state index is 0.0392. The summed E-state index contributed by atoms with van der Waals surface area (Å²) < 4.78 is 0. The normalized spacial score (nSPS) is 10.7. The fourth-order valence-electron chi connectivity index (χ4n) is 3.70. The highest BCUT2D eigenvalue weighted by Crippen LogP contribution is 2.26. The van der Waals surface area contributed by atoms with E-state index in [-0.39, 0.29) is 11.7 Å². The number of amides is 1. The number of carbonyl (C=O) groups excluding carboxylic acids is 2. The lowest BCUT2D eigenvalue weighted by Gasteiger charge is -2.05. The molecule has 0 spiro atoms. The Balaban J connectivity index is 1.41. The van der Waals surface area contributed by atoms with Gasteiger partial charge in [-0.25, -0.2) is 4.98 Å². The van der Waals surface area contributed by atoms with Crippen molar-refractivity contribution in [2.45, 2.75) is 25.8 Å². The van der Waals surface area contributed by atoms with Crippen molar-refractivity contribution in [1.29, 1.82) is 0 Å². The molecule has 0 unspecified atom stereocenters. The summed E-state index contributed by atoms with van der Waals surface area (Å²) in [5.74, 6) is -0.198. The third-order valence-electron chi connectivity index (χ3n) is 5.47. The number of nitrogens with one attached hydrogen (secondary N) is 2. The summed E-state index contributed by atoms with van der Waals surface area (Å²) in [6, 6.07) is 27.7. The van der Waals surface area contributed by atoms with Gasteiger partial charge in [0.15, 0.2) is 10.9 Å². The van der Waals surface area contributed by atoms with E-state index in [1.54, 1.807) is 0 Å². The second-order valence-corrected chi connectivity index (χ2v) is 9.05. The molecule has 4 rings (SSSR count). The smallest absolute Gasteiger partial charge is 0.257 e. The highest BCUT2D eigenvalue weighted by Gasteiger charge is 2.19. The molecule has 6 heteroatoms. The van der Waals surface area contributed by atoms with E-state index >= 15 is 0 Å². The molecule has 172 valence electrons. The zero-order chi connectivity index (χ0) is 23.8. The van der Waals surface area contributed by atoms with Crippen LogP contribution in [0.5, 0.6) is 0 Å². The summed E-state index contributed by atoms with van der Waals surface area (Å²) >= 11 is 1.24. The van der Waals surface area contributed by atoms with Crippen LogP contribution in [0, 0.1) is 0 Å². The van der Waals surface area contributed by atoms with Gasteiger partial charge in [-0.1, -0.05) is 84.1 Å². The van der Waals surface area contributed by atoms with Crippen LogP contribution >= 0.6 is 11.3 Å². The molecule has 5 nitrogen and oxygen atoms in total. The Hall–Kier alpha value is -3.61. The van der Waals surface area contributed by atoms with Crippen molar-refractivity contribution in [3.05, 3.63) is 118 Å². The maximum Gasteiger partial charge on any atom is 0.257 e. The molecule has 0 aliphatic carbocycles. The molecule has 0 bridgehead atoms. The number of carbonyl (C=O) groups is 2. The van der Waals surface area contributed by atoms with Gasteiger partial charge in [-0.2, -0.15) is 0 Å². The van der Waals surface area contributed by atoms with E-state index in [2.05, 4.69) is 27.8 Å². The van der Waals surface area contributed by atoms with Crippen LogP contribution in [0.3, 0.4) is 0 Å². The van der Waals surface area contributed by atoms with Crippen molar-refractivity contribution >= 4 is 28.2 Å². The van der Waals surface area contributed by atoms with Crippen molar-refractivity contribution in [2.75, 3.05) is 12.4 Å². The van der Waals surface area contributed by atoms with Gasteiger partial charge < -0.3 is 5.32 Å². The fourth-order valence-corrected chi connectivity index (χ4v) is 4.65. The standard InChI is InChI=1S/C28H27N3O2S/c1-29-19-24-26(25(32)17-14-20-8-4-2-5-9-20)34-28(30-24)31-27(33)23-15-12-22(13-16-23)18-21-10-6-3-7-11-21/h2-13,15-16,29H,14,17-19H2,1H3,(H,30,31,33). The lowest BCUT2D eigenvalue weighted by Crippen LogP contribution is -2.12. The van der Waals surface area contributed by atoms with Crippen molar-refractivity contribution in [3.8, 4) is 0 Å². The fraction of sp³-hybridized carbons (Fsp3) is 0.179. The van der Waals surface area contributed by atoms with E-state index in [1.165, 1.54) is 16.9 Å². The van der Waals surface area contributed by atoms with E-state index in [4.69, 9.17) is 0 Å². The molecule has 34 heavy (non-hydrogen) atoms. The number of hydrogen-bond acceptors (Lipinski definition) is 5. The average Bonchev–Trinajstić information content (AvgIpc) is 3.26. The molecular formula is C28H27N3O2S. The third-order valence-corrected chi connectivity index (χ3v) is 6.52. The molecule has 1 amide bonds. The van der Waals surface area contributed by atoms with E-state index in [0.29, 0.717) is 40.7 Å². The summed E-state index contributed by atoms with van der Waals surface area (Å²) in [5, 5.41) is 6.36. The Morgan fingerprint density at radius 2 is 1.44 bits per heavy atom. The number of nitrogens with zero attached hydrogens (tertiary/aromatic N) is 1. The number of aryl methyl sites for hydroxylation is 1. The first-order valence-electron chi connectivity index (χ1n) is 11.3. The Morgan fingerprint density at radius 3 is 2.09 bits per heavy atom. The molecular weight excluding hydrogens is 442 g/mol. The number of Topliss-reactive ketones (excluding diaryl/α,β-unsaturated/α-hetero) is 1. The first-order valence-corrected chi connectivity index (χ1v) is 12.1. The average molecular weight is 470 g/mol. The largest absolute Gasteiger partial charge is 0.314 e. The van der Waals surface area contributed by atoms with Gasteiger partial charge in [-0.05, 0) is 48.7 Å². The Morgan fingerprint density at radius 1 is 0.824 bits per heavy atom. The van der Waals surface area contributed by atoms with Gasteiger partial charge in [-0.3, -0.25) is 14.9 Å². The zero-order valence-corrected chi connectivity index (χ0v) is 19.9. The van der Waals surface area contributed by atoms with Gasteiger partial charge >= 0.3 is 0 Å². The third kappa shape index (κ3) is 6.25. The number of hydrogen-bond donors (Lipinski definition) is 2. The molecule has 1 heterocycles. The number of ketones is 1. The van der Waals surface area contributed by atoms with Crippen LogP contribution in [-0.2, 0) is 19.4 Å². The minimum Gasteiger partial charge on any atom is -0.314 e. The van der Waals surface area contributed by atoms with Gasteiger partial charge in [0.1, 0.15) is 0 Å². The summed E-state index contributed by atoms with van der Waals surface area (Å²) in [6.45, 7) is 0.465. The highest BCUT2D eigenvalue weighted by molar-refractivity contribution is 7.17. The predicted octanol–water partition coefficient (Wildman–Crippen LogP) is 5.52. The Bertz CT molecular complexity index is 1240. The van der Waals surface area contributed by atoms with E-state index in [9.17, 15) is 9.59 Å². The Kier molecular flexibility index (Phi) is 7.96. The lowest BCUT2D eigenvalue weighted by atomic mass is 10.0. The molecule has 2 N–H and O–H groups in total. The molecule has 0 fully saturated rings. The van der Waals surface area contributed by atoms with Crippen LogP contribution in [0.25, 0.3) is 0 Å². The molecule has 1 aromatic heterocycles. The number of aromatic nitrogens is 1. The monoisotopic (exact) mass is 469 g/mol. The summed E-state index contributed by atoms with van der Waals surface area (Å²) in [4.78, 5) is 30.8. The maximum absolute atomic E-state index is 12.9. The molecule has 0 saturated heterocycles. The van der Waals surface area contributed by atoms with Gasteiger partial charge in [0.05, 0.1) is 10.6 Å². The van der Waals surface area contributed by atoms with Crippen LogP contribution in [-0.4, -0.2) is 23.7 Å². The predicted molar refractivity (Wildman–Crippen MR) is 138 cm³/mol. The number of anilines is 1. The van der Waals surface area contributed by atoms with Crippen molar-refractivity contribution in [3.63, 3.8) is 0 Å². The van der Waals surface area contributed by atoms with E-state index in [1.807, 2.05) is 79.8 Å². The number of benzene rings is 3. The van der Waals surface area contributed by atoms with Crippen LogP contribution in [0.4, 0.5) is 5.13 Å². The van der Waals surface area contributed by atoms with Crippen LogP contribution in [0.1, 0.15) is 48.8 Å². The van der Waals surface area contributed by atoms with Gasteiger partial charge in [0.2, 0.25) is 0 Å². The topological polar surface area (TPSA) is 71.1 Å². The number of thiazole rings is 1. The molecule has 4 aromatic rings. The SMILES string of the molecule is CNCc1nc(NC(=O)c2ccc(Cc3ccccc3)cc2)sc1C(=O)CCc1ccccc1. The first-order chi connectivity index (χ1) is 16.6. The van der Waals surface area contributed by atoms with Gasteiger partial charge in [0, 0.05) is 18.5 Å². The molecule has 3 aromatic carbocycles. The Labute approximate surface area is 203 Å². The summed E-state index contributed by atoms with van der Waals surface area (Å²) in [7, 11) is 1.81. The van der Waals surface area contributed by atoms with Gasteiger partial charge in [0.25, 0.3) is 5.91 Å². The summed E-state index contributed by atoms with van der Waals surface area (Å²) in [6.07, 6.45) is 1.89. The van der Waals surface area contributed by atoms with E-state index < -0.39 is 0 Å². The molecule has 0 aliphatic rings. The molecule has 0 atom stereocenters. The first kappa shape index (κ1) is 23.5. The van der Waals surface area contributed by atoms with Gasteiger partial charge in [-0.15, -0.1) is 0 Å². The van der Waals surface area contributed by atoms with Crippen LogP contribution in [0.2, 0.25) is 0 Å². The van der Waals surface area contributed by atoms with Crippen molar-refractivity contribution in [1.82, 2.24) is 10.3 Å². The summed E-state index contributed by atoms with van der Waals surface area (Å²) in [5.41, 5.74) is 4.71. The quantitative estimate of drug-likeness (QED) is 0.300.